The van der Waals surface area contributed by atoms with E-state index in [2.05, 4.69) is 27.4 Å². The first-order valence-corrected chi connectivity index (χ1v) is 8.39. The second kappa shape index (κ2) is 6.16. The lowest BCUT2D eigenvalue weighted by molar-refractivity contribution is 0.0936. The van der Waals surface area contributed by atoms with E-state index in [1.807, 2.05) is 19.9 Å². The zero-order valence-corrected chi connectivity index (χ0v) is 14.2. The van der Waals surface area contributed by atoms with E-state index < -0.39 is 0 Å². The molecule has 126 valence electrons. The monoisotopic (exact) mass is 333 g/mol. The Balaban J connectivity index is 1.55. The van der Waals surface area contributed by atoms with Crippen LogP contribution in [0.15, 0.2) is 47.1 Å². The van der Waals surface area contributed by atoms with E-state index in [0.717, 1.165) is 29.9 Å². The summed E-state index contributed by atoms with van der Waals surface area (Å²) in [7, 11) is 0. The highest BCUT2D eigenvalue weighted by Crippen LogP contribution is 2.34. The van der Waals surface area contributed by atoms with Crippen LogP contribution in [0.25, 0.3) is 11.5 Å². The van der Waals surface area contributed by atoms with Gasteiger partial charge in [-0.1, -0.05) is 6.07 Å². The second-order valence-electron chi connectivity index (χ2n) is 6.44. The van der Waals surface area contributed by atoms with Crippen LogP contribution in [0.4, 0.5) is 0 Å². The fourth-order valence-corrected chi connectivity index (χ4v) is 3.32. The maximum absolute atomic E-state index is 12.5. The Bertz CT molecular complexity index is 946. The number of hydrogen-bond acceptors (Lipinski definition) is 4. The molecule has 1 amide bonds. The van der Waals surface area contributed by atoms with E-state index in [9.17, 15) is 4.79 Å². The molecule has 3 aromatic rings. The van der Waals surface area contributed by atoms with Crippen molar-refractivity contribution in [3.05, 3.63) is 70.9 Å². The van der Waals surface area contributed by atoms with Crippen LogP contribution in [0, 0.1) is 13.8 Å². The summed E-state index contributed by atoms with van der Waals surface area (Å²) in [5.74, 6) is 1.38. The number of fused-ring (bicyclic) bond motifs is 1. The maximum atomic E-state index is 12.5. The van der Waals surface area contributed by atoms with Gasteiger partial charge in [0.05, 0.1) is 12.2 Å². The third-order valence-electron chi connectivity index (χ3n) is 4.55. The lowest BCUT2D eigenvalue weighted by Gasteiger charge is -2.14. The SMILES string of the molecule is Cc1cc(C(=O)NC2CCc3cc(-c4ncc(C)o4)ccc32)ccn1. The Labute approximate surface area is 146 Å². The van der Waals surface area contributed by atoms with Crippen molar-refractivity contribution in [2.75, 3.05) is 0 Å². The van der Waals surface area contributed by atoms with Crippen LogP contribution in [-0.2, 0) is 6.42 Å². The Morgan fingerprint density at radius 2 is 2.08 bits per heavy atom. The van der Waals surface area contributed by atoms with Crippen LogP contribution in [0.1, 0.15) is 45.4 Å². The molecule has 25 heavy (non-hydrogen) atoms. The van der Waals surface area contributed by atoms with Gasteiger partial charge in [-0.15, -0.1) is 0 Å². The summed E-state index contributed by atoms with van der Waals surface area (Å²) >= 11 is 0. The van der Waals surface area contributed by atoms with Gasteiger partial charge in [-0.3, -0.25) is 9.78 Å². The van der Waals surface area contributed by atoms with Crippen molar-refractivity contribution >= 4 is 5.91 Å². The summed E-state index contributed by atoms with van der Waals surface area (Å²) in [4.78, 5) is 20.9. The zero-order chi connectivity index (χ0) is 17.4. The van der Waals surface area contributed by atoms with Crippen molar-refractivity contribution in [2.45, 2.75) is 32.7 Å². The number of oxazole rings is 1. The van der Waals surface area contributed by atoms with E-state index in [4.69, 9.17) is 4.42 Å². The molecule has 1 aliphatic rings. The van der Waals surface area contributed by atoms with Gasteiger partial charge >= 0.3 is 0 Å². The summed E-state index contributed by atoms with van der Waals surface area (Å²) in [5, 5.41) is 3.14. The van der Waals surface area contributed by atoms with Crippen LogP contribution >= 0.6 is 0 Å². The highest BCUT2D eigenvalue weighted by molar-refractivity contribution is 5.94. The van der Waals surface area contributed by atoms with Crippen LogP contribution in [-0.4, -0.2) is 15.9 Å². The number of benzene rings is 1. The van der Waals surface area contributed by atoms with Gasteiger partial charge in [0.1, 0.15) is 5.76 Å². The van der Waals surface area contributed by atoms with Crippen LogP contribution < -0.4 is 5.32 Å². The summed E-state index contributed by atoms with van der Waals surface area (Å²) < 4.78 is 5.60. The number of hydrogen-bond donors (Lipinski definition) is 1. The molecule has 0 aliphatic heterocycles. The largest absolute Gasteiger partial charge is 0.441 e. The standard InChI is InChI=1S/C20H19N3O2/c1-12-9-15(7-8-21-12)19(24)23-18-6-4-14-10-16(3-5-17(14)18)20-22-11-13(2)25-20/h3,5,7-11,18H,4,6H2,1-2H3,(H,23,24). The maximum Gasteiger partial charge on any atom is 0.251 e. The number of aryl methyl sites for hydroxylation is 3. The fourth-order valence-electron chi connectivity index (χ4n) is 3.32. The van der Waals surface area contributed by atoms with Gasteiger partial charge in [0.15, 0.2) is 0 Å². The summed E-state index contributed by atoms with van der Waals surface area (Å²) in [5.41, 5.74) is 4.87. The molecule has 1 N–H and O–H groups in total. The Morgan fingerprint density at radius 1 is 1.20 bits per heavy atom. The van der Waals surface area contributed by atoms with E-state index in [0.29, 0.717) is 11.5 Å². The predicted molar refractivity (Wildman–Crippen MR) is 94.2 cm³/mol. The highest BCUT2D eigenvalue weighted by atomic mass is 16.4. The lowest BCUT2D eigenvalue weighted by atomic mass is 10.0. The van der Waals surface area contributed by atoms with Crippen LogP contribution in [0.3, 0.4) is 0 Å². The Kier molecular flexibility index (Phi) is 3.84. The first kappa shape index (κ1) is 15.6. The van der Waals surface area contributed by atoms with E-state index in [-0.39, 0.29) is 11.9 Å². The first-order chi connectivity index (χ1) is 12.1. The van der Waals surface area contributed by atoms with Gasteiger partial charge < -0.3 is 9.73 Å². The molecule has 1 aromatic carbocycles. The van der Waals surface area contributed by atoms with Crippen LogP contribution in [0.2, 0.25) is 0 Å². The molecule has 2 aromatic heterocycles. The molecule has 1 atom stereocenters. The van der Waals surface area contributed by atoms with Gasteiger partial charge in [-0.05, 0) is 62.1 Å². The van der Waals surface area contributed by atoms with Crippen molar-refractivity contribution in [3.8, 4) is 11.5 Å². The number of pyridine rings is 1. The van der Waals surface area contributed by atoms with Gasteiger partial charge in [0, 0.05) is 23.0 Å². The average Bonchev–Trinajstić information content (AvgIpc) is 3.21. The third-order valence-corrected chi connectivity index (χ3v) is 4.55. The van der Waals surface area contributed by atoms with Gasteiger partial charge in [0.2, 0.25) is 5.89 Å². The lowest BCUT2D eigenvalue weighted by Crippen LogP contribution is -2.27. The summed E-state index contributed by atoms with van der Waals surface area (Å²) in [6.07, 6.45) is 5.22. The van der Waals surface area contributed by atoms with E-state index in [1.165, 1.54) is 11.1 Å². The van der Waals surface area contributed by atoms with Crippen molar-refractivity contribution in [2.24, 2.45) is 0 Å². The average molecular weight is 333 g/mol. The fraction of sp³-hybridized carbons (Fsp3) is 0.250. The molecule has 0 radical (unpaired) electrons. The van der Waals surface area contributed by atoms with Crippen LogP contribution in [0.5, 0.6) is 0 Å². The van der Waals surface area contributed by atoms with Crippen molar-refractivity contribution in [3.63, 3.8) is 0 Å². The molecule has 1 unspecified atom stereocenters. The minimum absolute atomic E-state index is 0.0383. The smallest absolute Gasteiger partial charge is 0.251 e. The molecule has 0 bridgehead atoms. The summed E-state index contributed by atoms with van der Waals surface area (Å²) in [6, 6.07) is 9.77. The van der Waals surface area contributed by atoms with Crippen molar-refractivity contribution in [1.82, 2.24) is 15.3 Å². The molecule has 2 heterocycles. The molecular weight excluding hydrogens is 314 g/mol. The molecule has 0 spiro atoms. The topological polar surface area (TPSA) is 68.0 Å². The zero-order valence-electron chi connectivity index (χ0n) is 14.2. The minimum Gasteiger partial charge on any atom is -0.441 e. The molecule has 1 aliphatic carbocycles. The first-order valence-electron chi connectivity index (χ1n) is 8.39. The number of aromatic nitrogens is 2. The number of rotatable bonds is 3. The number of carbonyl (C=O) groups excluding carboxylic acids is 1. The molecule has 0 saturated carbocycles. The normalized spacial score (nSPS) is 15.8. The molecule has 5 nitrogen and oxygen atoms in total. The summed E-state index contributed by atoms with van der Waals surface area (Å²) in [6.45, 7) is 3.77. The molecule has 5 heteroatoms. The number of amides is 1. The molecule has 4 rings (SSSR count). The second-order valence-corrected chi connectivity index (χ2v) is 6.44. The molecular formula is C20H19N3O2. The third kappa shape index (κ3) is 3.05. The Hall–Kier alpha value is -2.95. The van der Waals surface area contributed by atoms with Gasteiger partial charge in [-0.25, -0.2) is 4.98 Å². The number of nitrogens with one attached hydrogen (secondary N) is 1. The predicted octanol–water partition coefficient (Wildman–Crippen LogP) is 3.77. The van der Waals surface area contributed by atoms with E-state index in [1.54, 1.807) is 24.5 Å². The quantitative estimate of drug-likeness (QED) is 0.792. The molecule has 0 saturated heterocycles. The number of carbonyl (C=O) groups is 1. The highest BCUT2D eigenvalue weighted by Gasteiger charge is 2.25. The van der Waals surface area contributed by atoms with Crippen molar-refractivity contribution < 1.29 is 9.21 Å². The van der Waals surface area contributed by atoms with Crippen molar-refractivity contribution in [1.29, 1.82) is 0 Å². The van der Waals surface area contributed by atoms with Gasteiger partial charge in [0.25, 0.3) is 5.91 Å². The number of nitrogens with zero attached hydrogens (tertiary/aromatic N) is 2. The molecule has 0 fully saturated rings. The van der Waals surface area contributed by atoms with E-state index >= 15 is 0 Å². The van der Waals surface area contributed by atoms with Gasteiger partial charge in [-0.2, -0.15) is 0 Å². The Morgan fingerprint density at radius 3 is 2.84 bits per heavy atom. The minimum atomic E-state index is -0.0595.